The maximum atomic E-state index is 12.9. The first kappa shape index (κ1) is 15.6. The van der Waals surface area contributed by atoms with Crippen molar-refractivity contribution >= 4 is 17.6 Å². The van der Waals surface area contributed by atoms with Crippen molar-refractivity contribution in [2.45, 2.75) is 29.7 Å². The Kier molecular flexibility index (Phi) is 4.71. The smallest absolute Gasteiger partial charge is 0.370 e. The summed E-state index contributed by atoms with van der Waals surface area (Å²) in [6, 6.07) is 2.02. The number of hydrogen-bond acceptors (Lipinski definition) is 5. The van der Waals surface area contributed by atoms with Crippen LogP contribution < -0.4 is 5.32 Å². The molecule has 0 unspecified atom stereocenters. The zero-order valence-corrected chi connectivity index (χ0v) is 12.3. The molecule has 0 radical (unpaired) electrons. The molecule has 0 amide bonds. The molecular formula is C12H14F3N5S. The molecule has 114 valence electrons. The summed E-state index contributed by atoms with van der Waals surface area (Å²) in [6.07, 6.45) is -2.28. The van der Waals surface area contributed by atoms with Gasteiger partial charge in [0.05, 0.1) is 5.56 Å². The van der Waals surface area contributed by atoms with Crippen LogP contribution in [0.3, 0.4) is 0 Å². The molecule has 0 bridgehead atoms. The molecule has 0 saturated carbocycles. The number of aryl methyl sites for hydroxylation is 1. The van der Waals surface area contributed by atoms with Gasteiger partial charge in [-0.1, -0.05) is 6.92 Å². The standard InChI is InChI=1S/C12H14F3N5S/c1-3-4-16-9-5-8(12(13,14)15)6-10(19-9)21-11-17-7-18-20(11)2/h5-7H,3-4H2,1-2H3,(H,16,19). The zero-order valence-electron chi connectivity index (χ0n) is 11.5. The van der Waals surface area contributed by atoms with Crippen LogP contribution in [0.2, 0.25) is 0 Å². The van der Waals surface area contributed by atoms with Crippen LogP contribution in [0.4, 0.5) is 19.0 Å². The van der Waals surface area contributed by atoms with Crippen LogP contribution in [0.5, 0.6) is 0 Å². The van der Waals surface area contributed by atoms with Crippen molar-refractivity contribution in [1.82, 2.24) is 19.7 Å². The molecule has 0 atom stereocenters. The molecule has 0 saturated heterocycles. The third kappa shape index (κ3) is 4.10. The van der Waals surface area contributed by atoms with Crippen molar-refractivity contribution in [2.75, 3.05) is 11.9 Å². The van der Waals surface area contributed by atoms with E-state index in [0.717, 1.165) is 30.3 Å². The van der Waals surface area contributed by atoms with Gasteiger partial charge in [0, 0.05) is 13.6 Å². The Balaban J connectivity index is 2.33. The first-order valence-electron chi connectivity index (χ1n) is 6.25. The lowest BCUT2D eigenvalue weighted by atomic mass is 10.2. The first-order valence-corrected chi connectivity index (χ1v) is 7.07. The maximum Gasteiger partial charge on any atom is 0.416 e. The normalized spacial score (nSPS) is 11.7. The van der Waals surface area contributed by atoms with Crippen LogP contribution in [0.15, 0.2) is 28.6 Å². The lowest BCUT2D eigenvalue weighted by Gasteiger charge is -2.12. The second kappa shape index (κ2) is 6.33. The molecular weight excluding hydrogens is 303 g/mol. The fraction of sp³-hybridized carbons (Fsp3) is 0.417. The van der Waals surface area contributed by atoms with Gasteiger partial charge in [0.25, 0.3) is 0 Å². The summed E-state index contributed by atoms with van der Waals surface area (Å²) in [5, 5.41) is 7.45. The molecule has 0 aromatic carbocycles. The number of rotatable bonds is 5. The van der Waals surface area contributed by atoms with Crippen LogP contribution in [0, 0.1) is 0 Å². The van der Waals surface area contributed by atoms with E-state index in [1.807, 2.05) is 6.92 Å². The Morgan fingerprint density at radius 3 is 2.67 bits per heavy atom. The van der Waals surface area contributed by atoms with Gasteiger partial charge < -0.3 is 5.32 Å². The highest BCUT2D eigenvalue weighted by Gasteiger charge is 2.31. The van der Waals surface area contributed by atoms with Crippen LogP contribution in [0.25, 0.3) is 0 Å². The summed E-state index contributed by atoms with van der Waals surface area (Å²) in [6.45, 7) is 2.48. The van der Waals surface area contributed by atoms with E-state index in [1.54, 1.807) is 7.05 Å². The molecule has 0 aliphatic rings. The molecule has 1 N–H and O–H groups in total. The molecule has 2 rings (SSSR count). The van der Waals surface area contributed by atoms with Crippen LogP contribution >= 0.6 is 11.8 Å². The molecule has 0 fully saturated rings. The first-order chi connectivity index (χ1) is 9.90. The second-order valence-electron chi connectivity index (χ2n) is 4.27. The number of nitrogens with one attached hydrogen (secondary N) is 1. The number of aromatic nitrogens is 4. The van der Waals surface area contributed by atoms with Gasteiger partial charge >= 0.3 is 6.18 Å². The summed E-state index contributed by atoms with van der Waals surface area (Å²) < 4.78 is 40.3. The Morgan fingerprint density at radius 2 is 2.10 bits per heavy atom. The molecule has 2 aromatic heterocycles. The number of nitrogens with zero attached hydrogens (tertiary/aromatic N) is 4. The lowest BCUT2D eigenvalue weighted by Crippen LogP contribution is -2.09. The van der Waals surface area contributed by atoms with E-state index in [2.05, 4.69) is 20.4 Å². The van der Waals surface area contributed by atoms with Gasteiger partial charge in [0.2, 0.25) is 0 Å². The van der Waals surface area contributed by atoms with Gasteiger partial charge in [-0.2, -0.15) is 18.3 Å². The minimum Gasteiger partial charge on any atom is -0.370 e. The van der Waals surface area contributed by atoms with Gasteiger partial charge in [0.1, 0.15) is 17.2 Å². The fourth-order valence-corrected chi connectivity index (χ4v) is 2.33. The summed E-state index contributed by atoms with van der Waals surface area (Å²) in [7, 11) is 1.67. The van der Waals surface area contributed by atoms with Gasteiger partial charge in [0.15, 0.2) is 5.16 Å². The van der Waals surface area contributed by atoms with E-state index < -0.39 is 11.7 Å². The zero-order chi connectivity index (χ0) is 15.5. The molecule has 0 spiro atoms. The van der Waals surface area contributed by atoms with E-state index in [-0.39, 0.29) is 10.8 Å². The molecule has 21 heavy (non-hydrogen) atoms. The van der Waals surface area contributed by atoms with Crippen LogP contribution in [-0.2, 0) is 13.2 Å². The van der Waals surface area contributed by atoms with Gasteiger partial charge in [-0.3, -0.25) is 0 Å². The van der Waals surface area contributed by atoms with Gasteiger partial charge in [-0.05, 0) is 30.3 Å². The third-order valence-corrected chi connectivity index (χ3v) is 3.52. The Bertz CT molecular complexity index is 611. The average Bonchev–Trinajstić information content (AvgIpc) is 2.81. The molecule has 0 aliphatic heterocycles. The Labute approximate surface area is 124 Å². The lowest BCUT2D eigenvalue weighted by molar-refractivity contribution is -0.137. The number of alkyl halides is 3. The predicted molar refractivity (Wildman–Crippen MR) is 73.1 cm³/mol. The second-order valence-corrected chi connectivity index (χ2v) is 5.26. The van der Waals surface area contributed by atoms with Crippen molar-refractivity contribution in [3.05, 3.63) is 24.0 Å². The Hall–Kier alpha value is -1.77. The molecule has 9 heteroatoms. The van der Waals surface area contributed by atoms with Crippen LogP contribution in [-0.4, -0.2) is 26.3 Å². The summed E-state index contributed by atoms with van der Waals surface area (Å²) in [5.74, 6) is 0.205. The van der Waals surface area contributed by atoms with Crippen molar-refractivity contribution in [3.8, 4) is 0 Å². The van der Waals surface area contributed by atoms with Crippen molar-refractivity contribution in [1.29, 1.82) is 0 Å². The summed E-state index contributed by atoms with van der Waals surface area (Å²) in [4.78, 5) is 8.14. The Morgan fingerprint density at radius 1 is 1.33 bits per heavy atom. The number of anilines is 1. The van der Waals surface area contributed by atoms with E-state index >= 15 is 0 Å². The van der Waals surface area contributed by atoms with E-state index in [1.165, 1.54) is 11.0 Å². The minimum atomic E-state index is -4.42. The predicted octanol–water partition coefficient (Wildman–Crippen LogP) is 3.20. The average molecular weight is 317 g/mol. The van der Waals surface area contributed by atoms with Crippen molar-refractivity contribution in [2.24, 2.45) is 7.05 Å². The molecule has 5 nitrogen and oxygen atoms in total. The quantitative estimate of drug-likeness (QED) is 0.918. The fourth-order valence-electron chi connectivity index (χ4n) is 1.54. The largest absolute Gasteiger partial charge is 0.416 e. The van der Waals surface area contributed by atoms with Crippen molar-refractivity contribution in [3.63, 3.8) is 0 Å². The van der Waals surface area contributed by atoms with Crippen molar-refractivity contribution < 1.29 is 13.2 Å². The highest BCUT2D eigenvalue weighted by Crippen LogP contribution is 2.34. The number of halogens is 3. The highest BCUT2D eigenvalue weighted by atomic mass is 32.2. The van der Waals surface area contributed by atoms with Gasteiger partial charge in [-0.15, -0.1) is 0 Å². The highest BCUT2D eigenvalue weighted by molar-refractivity contribution is 7.99. The molecule has 2 heterocycles. The van der Waals surface area contributed by atoms with Gasteiger partial charge in [-0.25, -0.2) is 14.6 Å². The van der Waals surface area contributed by atoms with E-state index in [4.69, 9.17) is 0 Å². The van der Waals surface area contributed by atoms with E-state index in [9.17, 15) is 13.2 Å². The number of hydrogen-bond donors (Lipinski definition) is 1. The maximum absolute atomic E-state index is 12.9. The summed E-state index contributed by atoms with van der Waals surface area (Å²) >= 11 is 1.04. The molecule has 0 aliphatic carbocycles. The SMILES string of the molecule is CCCNc1cc(C(F)(F)F)cc(Sc2ncnn2C)n1. The van der Waals surface area contributed by atoms with Crippen LogP contribution in [0.1, 0.15) is 18.9 Å². The monoisotopic (exact) mass is 317 g/mol. The topological polar surface area (TPSA) is 55.6 Å². The minimum absolute atomic E-state index is 0.205. The summed E-state index contributed by atoms with van der Waals surface area (Å²) in [5.41, 5.74) is -0.735. The molecule has 2 aromatic rings. The number of pyridine rings is 1. The van der Waals surface area contributed by atoms with E-state index in [0.29, 0.717) is 11.7 Å². The third-order valence-electron chi connectivity index (χ3n) is 2.55.